The van der Waals surface area contributed by atoms with Gasteiger partial charge in [-0.3, -0.25) is 4.79 Å². The molecule has 2 unspecified atom stereocenters. The third-order valence-electron chi connectivity index (χ3n) is 2.99. The zero-order valence-electron chi connectivity index (χ0n) is 13.0. The summed E-state index contributed by atoms with van der Waals surface area (Å²) in [6.45, 7) is 2.34. The summed E-state index contributed by atoms with van der Waals surface area (Å²) in [4.78, 5) is 13.8. The number of aliphatic hydroxyl groups is 1. The van der Waals surface area contributed by atoms with Gasteiger partial charge in [0.2, 0.25) is 5.91 Å². The predicted molar refractivity (Wildman–Crippen MR) is 83.3 cm³/mol. The SMILES string of the molecule is COc1ccc(C(NC(=O)/C=C/CN(C)C)C(C)O)cc1. The second-order valence-corrected chi connectivity index (χ2v) is 5.16. The molecule has 0 saturated carbocycles. The number of carbonyl (C=O) groups is 1. The number of amides is 1. The lowest BCUT2D eigenvalue weighted by molar-refractivity contribution is -0.118. The molecule has 0 aliphatic heterocycles. The van der Waals surface area contributed by atoms with Gasteiger partial charge in [-0.05, 0) is 38.7 Å². The highest BCUT2D eigenvalue weighted by molar-refractivity contribution is 5.87. The molecule has 1 amide bonds. The van der Waals surface area contributed by atoms with E-state index < -0.39 is 12.1 Å². The summed E-state index contributed by atoms with van der Waals surface area (Å²) in [6.07, 6.45) is 2.58. The van der Waals surface area contributed by atoms with E-state index in [4.69, 9.17) is 4.74 Å². The van der Waals surface area contributed by atoms with Crippen molar-refractivity contribution in [1.29, 1.82) is 0 Å². The topological polar surface area (TPSA) is 61.8 Å². The van der Waals surface area contributed by atoms with Crippen molar-refractivity contribution in [3.8, 4) is 5.75 Å². The second kappa shape index (κ2) is 8.44. The van der Waals surface area contributed by atoms with Crippen LogP contribution in [0.25, 0.3) is 0 Å². The minimum Gasteiger partial charge on any atom is -0.497 e. The van der Waals surface area contributed by atoms with Crippen LogP contribution in [0.3, 0.4) is 0 Å². The summed E-state index contributed by atoms with van der Waals surface area (Å²) >= 11 is 0. The molecule has 0 aliphatic carbocycles. The minimum absolute atomic E-state index is 0.224. The van der Waals surface area contributed by atoms with E-state index in [2.05, 4.69) is 5.32 Å². The summed E-state index contributed by atoms with van der Waals surface area (Å²) in [5.74, 6) is 0.513. The van der Waals surface area contributed by atoms with Gasteiger partial charge in [0, 0.05) is 12.6 Å². The van der Waals surface area contributed by atoms with Crippen LogP contribution in [-0.2, 0) is 4.79 Å². The highest BCUT2D eigenvalue weighted by Gasteiger charge is 2.18. The third kappa shape index (κ3) is 5.97. The summed E-state index contributed by atoms with van der Waals surface area (Å²) in [6, 6.07) is 6.82. The zero-order valence-corrected chi connectivity index (χ0v) is 13.0. The summed E-state index contributed by atoms with van der Waals surface area (Å²) in [5.41, 5.74) is 0.833. The number of ether oxygens (including phenoxy) is 1. The molecule has 5 nitrogen and oxygen atoms in total. The average Bonchev–Trinajstić information content (AvgIpc) is 2.44. The Morgan fingerprint density at radius 1 is 1.38 bits per heavy atom. The lowest BCUT2D eigenvalue weighted by Gasteiger charge is -2.21. The number of nitrogens with zero attached hydrogens (tertiary/aromatic N) is 1. The molecule has 2 N–H and O–H groups in total. The molecule has 0 bridgehead atoms. The number of hydrogen-bond acceptors (Lipinski definition) is 4. The summed E-state index contributed by atoms with van der Waals surface area (Å²) < 4.78 is 5.10. The first-order chi connectivity index (χ1) is 9.93. The average molecular weight is 292 g/mol. The molecule has 2 atom stereocenters. The van der Waals surface area contributed by atoms with E-state index in [1.54, 1.807) is 32.2 Å². The molecule has 1 rings (SSSR count). The van der Waals surface area contributed by atoms with Crippen LogP contribution in [0.15, 0.2) is 36.4 Å². The first kappa shape index (κ1) is 17.2. The van der Waals surface area contributed by atoms with Crippen molar-refractivity contribution in [1.82, 2.24) is 10.2 Å². The predicted octanol–water partition coefficient (Wildman–Crippen LogP) is 1.35. The van der Waals surface area contributed by atoms with Crippen LogP contribution in [0.4, 0.5) is 0 Å². The molecule has 0 saturated heterocycles. The van der Waals surface area contributed by atoms with Crippen molar-refractivity contribution >= 4 is 5.91 Å². The minimum atomic E-state index is -0.690. The number of hydrogen-bond donors (Lipinski definition) is 2. The second-order valence-electron chi connectivity index (χ2n) is 5.16. The Balaban J connectivity index is 2.73. The largest absolute Gasteiger partial charge is 0.497 e. The number of aliphatic hydroxyl groups excluding tert-OH is 1. The van der Waals surface area contributed by atoms with Gasteiger partial charge >= 0.3 is 0 Å². The van der Waals surface area contributed by atoms with Crippen LogP contribution in [0.2, 0.25) is 0 Å². The van der Waals surface area contributed by atoms with Gasteiger partial charge in [0.05, 0.1) is 19.3 Å². The highest BCUT2D eigenvalue weighted by atomic mass is 16.5. The summed E-state index contributed by atoms with van der Waals surface area (Å²) in [7, 11) is 5.45. The quantitative estimate of drug-likeness (QED) is 0.745. The van der Waals surface area contributed by atoms with E-state index in [1.165, 1.54) is 6.08 Å². The van der Waals surface area contributed by atoms with Gasteiger partial charge < -0.3 is 20.1 Å². The van der Waals surface area contributed by atoms with Crippen LogP contribution in [0.5, 0.6) is 5.75 Å². The lowest BCUT2D eigenvalue weighted by atomic mass is 10.0. The molecule has 1 aromatic rings. The van der Waals surface area contributed by atoms with E-state index in [-0.39, 0.29) is 5.91 Å². The molecular formula is C16H24N2O3. The van der Waals surface area contributed by atoms with Gasteiger partial charge in [0.15, 0.2) is 0 Å². The Morgan fingerprint density at radius 2 is 2.00 bits per heavy atom. The molecule has 0 fully saturated rings. The fourth-order valence-corrected chi connectivity index (χ4v) is 1.87. The maximum atomic E-state index is 11.9. The highest BCUT2D eigenvalue weighted by Crippen LogP contribution is 2.20. The van der Waals surface area contributed by atoms with E-state index in [9.17, 15) is 9.90 Å². The summed E-state index contributed by atoms with van der Waals surface area (Å²) in [5, 5.41) is 12.7. The Labute approximate surface area is 126 Å². The van der Waals surface area contributed by atoms with Crippen molar-refractivity contribution in [2.24, 2.45) is 0 Å². The van der Waals surface area contributed by atoms with Crippen molar-refractivity contribution in [3.63, 3.8) is 0 Å². The molecular weight excluding hydrogens is 268 g/mol. The number of rotatable bonds is 7. The molecule has 0 spiro atoms. The smallest absolute Gasteiger partial charge is 0.244 e. The van der Waals surface area contributed by atoms with E-state index in [0.29, 0.717) is 6.54 Å². The Bertz CT molecular complexity index is 467. The number of nitrogens with one attached hydrogen (secondary N) is 1. The molecule has 5 heteroatoms. The zero-order chi connectivity index (χ0) is 15.8. The maximum Gasteiger partial charge on any atom is 0.244 e. The molecule has 116 valence electrons. The fourth-order valence-electron chi connectivity index (χ4n) is 1.87. The number of likely N-dealkylation sites (N-methyl/N-ethyl adjacent to an activating group) is 1. The van der Waals surface area contributed by atoms with Crippen LogP contribution >= 0.6 is 0 Å². The van der Waals surface area contributed by atoms with Crippen molar-refractivity contribution in [2.45, 2.75) is 19.1 Å². The molecule has 0 aliphatic rings. The Morgan fingerprint density at radius 3 is 2.48 bits per heavy atom. The van der Waals surface area contributed by atoms with Gasteiger partial charge in [-0.1, -0.05) is 18.2 Å². The van der Waals surface area contributed by atoms with Crippen LogP contribution < -0.4 is 10.1 Å². The van der Waals surface area contributed by atoms with Gasteiger partial charge in [-0.25, -0.2) is 0 Å². The monoisotopic (exact) mass is 292 g/mol. The van der Waals surface area contributed by atoms with Gasteiger partial charge in [0.1, 0.15) is 5.75 Å². The van der Waals surface area contributed by atoms with Crippen molar-refractivity contribution in [2.75, 3.05) is 27.7 Å². The van der Waals surface area contributed by atoms with Crippen LogP contribution in [-0.4, -0.2) is 49.8 Å². The normalized spacial score (nSPS) is 14.2. The third-order valence-corrected chi connectivity index (χ3v) is 2.99. The van der Waals surface area contributed by atoms with Gasteiger partial charge in [-0.2, -0.15) is 0 Å². The van der Waals surface area contributed by atoms with Gasteiger partial charge in [0.25, 0.3) is 0 Å². The molecule has 1 aromatic carbocycles. The Hall–Kier alpha value is -1.85. The number of methoxy groups -OCH3 is 1. The Kier molecular flexibility index (Phi) is 6.91. The van der Waals surface area contributed by atoms with Crippen molar-refractivity contribution < 1.29 is 14.6 Å². The molecule has 0 radical (unpaired) electrons. The number of benzene rings is 1. The standard InChI is InChI=1S/C16H24N2O3/c1-12(19)16(13-7-9-14(21-4)10-8-13)17-15(20)6-5-11-18(2)3/h5-10,12,16,19H,11H2,1-4H3,(H,17,20)/b6-5+. The fraction of sp³-hybridized carbons (Fsp3) is 0.438. The number of carbonyl (C=O) groups excluding carboxylic acids is 1. The molecule has 0 aromatic heterocycles. The molecule has 0 heterocycles. The first-order valence-electron chi connectivity index (χ1n) is 6.88. The maximum absolute atomic E-state index is 11.9. The van der Waals surface area contributed by atoms with E-state index in [0.717, 1.165) is 11.3 Å². The van der Waals surface area contributed by atoms with Gasteiger partial charge in [-0.15, -0.1) is 0 Å². The molecule has 21 heavy (non-hydrogen) atoms. The van der Waals surface area contributed by atoms with Crippen LogP contribution in [0.1, 0.15) is 18.5 Å². The van der Waals surface area contributed by atoms with Crippen molar-refractivity contribution in [3.05, 3.63) is 42.0 Å². The first-order valence-corrected chi connectivity index (χ1v) is 6.88. The lowest BCUT2D eigenvalue weighted by Crippen LogP contribution is -2.34. The van der Waals surface area contributed by atoms with E-state index >= 15 is 0 Å². The van der Waals surface area contributed by atoms with E-state index in [1.807, 2.05) is 31.1 Å². The van der Waals surface area contributed by atoms with Crippen LogP contribution in [0, 0.1) is 0 Å².